The highest BCUT2D eigenvalue weighted by atomic mass is 35.5. The van der Waals surface area contributed by atoms with E-state index in [4.69, 9.17) is 21.1 Å². The lowest BCUT2D eigenvalue weighted by Gasteiger charge is -2.14. The number of nitrogens with one attached hydrogen (secondary N) is 1. The molecular weight excluding hydrogens is 362 g/mol. The summed E-state index contributed by atoms with van der Waals surface area (Å²) >= 11 is 6.29. The maximum Gasteiger partial charge on any atom is 0.251 e. The van der Waals surface area contributed by atoms with Crippen LogP contribution in [0.5, 0.6) is 11.5 Å². The molecule has 0 saturated heterocycles. The van der Waals surface area contributed by atoms with E-state index in [0.29, 0.717) is 35.2 Å². The summed E-state index contributed by atoms with van der Waals surface area (Å²) in [5.74, 6) is 0.610. The topological polar surface area (TPSA) is 47.6 Å². The zero-order valence-corrected chi connectivity index (χ0v) is 15.7. The van der Waals surface area contributed by atoms with Crippen LogP contribution in [0.1, 0.15) is 21.5 Å². The van der Waals surface area contributed by atoms with Gasteiger partial charge in [-0.2, -0.15) is 0 Å². The number of hydrogen-bond acceptors (Lipinski definition) is 3. The van der Waals surface area contributed by atoms with Crippen LogP contribution in [0.25, 0.3) is 0 Å². The minimum atomic E-state index is -0.229. The van der Waals surface area contributed by atoms with E-state index in [9.17, 15) is 4.79 Å². The molecule has 0 aliphatic rings. The number of carbonyl (C=O) groups is 1. The van der Waals surface area contributed by atoms with Crippen molar-refractivity contribution in [1.82, 2.24) is 5.32 Å². The molecule has 4 nitrogen and oxygen atoms in total. The maximum absolute atomic E-state index is 12.5. The largest absolute Gasteiger partial charge is 0.491 e. The number of carbonyl (C=O) groups excluding carboxylic acids is 1. The van der Waals surface area contributed by atoms with Crippen molar-refractivity contribution in [3.8, 4) is 11.5 Å². The molecule has 3 rings (SSSR count). The molecule has 0 spiro atoms. The molecule has 0 aliphatic carbocycles. The first-order valence-electron chi connectivity index (χ1n) is 8.54. The van der Waals surface area contributed by atoms with Gasteiger partial charge in [-0.05, 0) is 23.3 Å². The fourth-order valence-corrected chi connectivity index (χ4v) is 2.91. The monoisotopic (exact) mass is 381 g/mol. The van der Waals surface area contributed by atoms with Crippen LogP contribution in [-0.2, 0) is 13.2 Å². The molecule has 0 bridgehead atoms. The van der Waals surface area contributed by atoms with Crippen LogP contribution < -0.4 is 14.8 Å². The first-order chi connectivity index (χ1) is 13.2. The van der Waals surface area contributed by atoms with Gasteiger partial charge in [0.15, 0.2) is 11.5 Å². The SMILES string of the molecule is COc1c(Cl)cc(C(=O)NCc2ccccc2)cc1OCc1ccccc1. The van der Waals surface area contributed by atoms with Crippen LogP contribution in [-0.4, -0.2) is 13.0 Å². The van der Waals surface area contributed by atoms with Gasteiger partial charge in [-0.3, -0.25) is 4.79 Å². The molecule has 0 unspecified atom stereocenters. The van der Waals surface area contributed by atoms with E-state index >= 15 is 0 Å². The van der Waals surface area contributed by atoms with Crippen molar-refractivity contribution in [3.63, 3.8) is 0 Å². The van der Waals surface area contributed by atoms with Crippen molar-refractivity contribution in [3.05, 3.63) is 94.5 Å². The normalized spacial score (nSPS) is 10.3. The summed E-state index contributed by atoms with van der Waals surface area (Å²) in [6, 6.07) is 22.7. The third kappa shape index (κ3) is 5.02. The summed E-state index contributed by atoms with van der Waals surface area (Å²) < 4.78 is 11.2. The first-order valence-corrected chi connectivity index (χ1v) is 8.91. The molecule has 0 aliphatic heterocycles. The molecular formula is C22H20ClNO3. The highest BCUT2D eigenvalue weighted by Gasteiger charge is 2.16. The number of ether oxygens (including phenoxy) is 2. The average molecular weight is 382 g/mol. The summed E-state index contributed by atoms with van der Waals surface area (Å²) in [4.78, 5) is 12.5. The van der Waals surface area contributed by atoms with E-state index in [1.54, 1.807) is 12.1 Å². The van der Waals surface area contributed by atoms with Crippen molar-refractivity contribution >= 4 is 17.5 Å². The summed E-state index contributed by atoms with van der Waals surface area (Å²) in [5.41, 5.74) is 2.44. The minimum absolute atomic E-state index is 0.229. The molecule has 5 heteroatoms. The van der Waals surface area contributed by atoms with E-state index in [2.05, 4.69) is 5.32 Å². The number of halogens is 1. The van der Waals surface area contributed by atoms with E-state index in [-0.39, 0.29) is 5.91 Å². The zero-order chi connectivity index (χ0) is 19.1. The smallest absolute Gasteiger partial charge is 0.251 e. The molecule has 3 aromatic rings. The van der Waals surface area contributed by atoms with Crippen LogP contribution in [0.3, 0.4) is 0 Å². The van der Waals surface area contributed by atoms with Crippen molar-refractivity contribution in [1.29, 1.82) is 0 Å². The molecule has 27 heavy (non-hydrogen) atoms. The van der Waals surface area contributed by atoms with Crippen molar-refractivity contribution < 1.29 is 14.3 Å². The Morgan fingerprint density at radius 3 is 2.22 bits per heavy atom. The molecule has 1 N–H and O–H groups in total. The van der Waals surface area contributed by atoms with Gasteiger partial charge in [0.25, 0.3) is 5.91 Å². The predicted octanol–water partition coefficient (Wildman–Crippen LogP) is 4.86. The molecule has 0 heterocycles. The second kappa shape index (κ2) is 9.10. The molecule has 0 aromatic heterocycles. The number of rotatable bonds is 7. The fourth-order valence-electron chi connectivity index (χ4n) is 2.62. The van der Waals surface area contributed by atoms with Gasteiger partial charge in [0, 0.05) is 12.1 Å². The molecule has 0 saturated carbocycles. The van der Waals surface area contributed by atoms with Crippen molar-refractivity contribution in [2.45, 2.75) is 13.2 Å². The second-order valence-corrected chi connectivity index (χ2v) is 6.34. The van der Waals surface area contributed by atoms with Gasteiger partial charge in [0.2, 0.25) is 0 Å². The van der Waals surface area contributed by atoms with Gasteiger partial charge in [-0.25, -0.2) is 0 Å². The Balaban J connectivity index is 1.75. The number of methoxy groups -OCH3 is 1. The van der Waals surface area contributed by atoms with Crippen molar-refractivity contribution in [2.24, 2.45) is 0 Å². The van der Waals surface area contributed by atoms with E-state index < -0.39 is 0 Å². The van der Waals surface area contributed by atoms with Crippen LogP contribution in [0, 0.1) is 0 Å². The highest BCUT2D eigenvalue weighted by molar-refractivity contribution is 6.32. The fraction of sp³-hybridized carbons (Fsp3) is 0.136. The van der Waals surface area contributed by atoms with Gasteiger partial charge in [0.05, 0.1) is 12.1 Å². The quantitative estimate of drug-likeness (QED) is 0.636. The lowest BCUT2D eigenvalue weighted by molar-refractivity contribution is 0.0950. The third-order valence-electron chi connectivity index (χ3n) is 4.01. The Morgan fingerprint density at radius 1 is 0.963 bits per heavy atom. The van der Waals surface area contributed by atoms with Crippen LogP contribution in [0.2, 0.25) is 5.02 Å². The Kier molecular flexibility index (Phi) is 6.34. The predicted molar refractivity (Wildman–Crippen MR) is 106 cm³/mol. The summed E-state index contributed by atoms with van der Waals surface area (Å²) in [6.45, 7) is 0.784. The summed E-state index contributed by atoms with van der Waals surface area (Å²) in [5, 5.41) is 3.21. The standard InChI is InChI=1S/C22H20ClNO3/c1-26-21-19(23)12-18(22(25)24-14-16-8-4-2-5-9-16)13-20(21)27-15-17-10-6-3-7-11-17/h2-13H,14-15H2,1H3,(H,24,25). The Labute approximate surface area is 163 Å². The molecule has 138 valence electrons. The van der Waals surface area contributed by atoms with Crippen LogP contribution >= 0.6 is 11.6 Å². The van der Waals surface area contributed by atoms with Crippen molar-refractivity contribution in [2.75, 3.05) is 7.11 Å². The second-order valence-electron chi connectivity index (χ2n) is 5.93. The van der Waals surface area contributed by atoms with Gasteiger partial charge in [0.1, 0.15) is 6.61 Å². The van der Waals surface area contributed by atoms with Gasteiger partial charge >= 0.3 is 0 Å². The third-order valence-corrected chi connectivity index (χ3v) is 4.29. The maximum atomic E-state index is 12.5. The summed E-state index contributed by atoms with van der Waals surface area (Å²) in [7, 11) is 1.52. The lowest BCUT2D eigenvalue weighted by Crippen LogP contribution is -2.22. The number of amides is 1. The van der Waals surface area contributed by atoms with E-state index in [1.165, 1.54) is 7.11 Å². The summed E-state index contributed by atoms with van der Waals surface area (Å²) in [6.07, 6.45) is 0. The Bertz CT molecular complexity index is 898. The Morgan fingerprint density at radius 2 is 1.59 bits per heavy atom. The molecule has 0 atom stereocenters. The molecule has 0 radical (unpaired) electrons. The number of benzene rings is 3. The van der Waals surface area contributed by atoms with Crippen LogP contribution in [0.15, 0.2) is 72.8 Å². The van der Waals surface area contributed by atoms with E-state index in [0.717, 1.165) is 11.1 Å². The van der Waals surface area contributed by atoms with Crippen LogP contribution in [0.4, 0.5) is 0 Å². The molecule has 0 fully saturated rings. The van der Waals surface area contributed by atoms with Gasteiger partial charge < -0.3 is 14.8 Å². The molecule has 1 amide bonds. The number of hydrogen-bond donors (Lipinski definition) is 1. The highest BCUT2D eigenvalue weighted by Crippen LogP contribution is 2.36. The first kappa shape index (κ1) is 18.8. The minimum Gasteiger partial charge on any atom is -0.491 e. The van der Waals surface area contributed by atoms with Gasteiger partial charge in [-0.15, -0.1) is 0 Å². The van der Waals surface area contributed by atoms with E-state index in [1.807, 2.05) is 60.7 Å². The zero-order valence-electron chi connectivity index (χ0n) is 14.9. The Hall–Kier alpha value is -2.98. The average Bonchev–Trinajstić information content (AvgIpc) is 2.71. The molecule has 3 aromatic carbocycles. The lowest BCUT2D eigenvalue weighted by atomic mass is 10.1. The van der Waals surface area contributed by atoms with Gasteiger partial charge in [-0.1, -0.05) is 72.3 Å².